The van der Waals surface area contributed by atoms with E-state index in [1.807, 2.05) is 13.8 Å². The molecule has 0 radical (unpaired) electrons. The Balaban J connectivity index is 1.92. The Morgan fingerprint density at radius 2 is 2.11 bits per heavy atom. The van der Waals surface area contributed by atoms with Crippen molar-refractivity contribution < 1.29 is 4.79 Å². The number of nitrogens with one attached hydrogen (secondary N) is 2. The van der Waals surface area contributed by atoms with Crippen molar-refractivity contribution >= 4 is 5.91 Å². The first-order valence-corrected chi connectivity index (χ1v) is 7.29. The number of nitrogens with zero attached hydrogens (tertiary/aromatic N) is 2. The standard InChI is InChI=1S/C14H24N4O/c1-9(2)12-16-13(18-17-12)14(19)15-11-6-4-5-10(3)7-8-11/h9-11H,4-8H2,1-3H3,(H,15,19)(H,16,17,18). The average Bonchev–Trinajstić information content (AvgIpc) is 2.77. The Morgan fingerprint density at radius 3 is 2.79 bits per heavy atom. The summed E-state index contributed by atoms with van der Waals surface area (Å²) < 4.78 is 0. The van der Waals surface area contributed by atoms with Gasteiger partial charge in [0.15, 0.2) is 0 Å². The lowest BCUT2D eigenvalue weighted by Gasteiger charge is -2.14. The molecule has 1 fully saturated rings. The molecule has 0 bridgehead atoms. The van der Waals surface area contributed by atoms with Crippen LogP contribution in [0, 0.1) is 5.92 Å². The van der Waals surface area contributed by atoms with E-state index < -0.39 is 0 Å². The number of hydrogen-bond donors (Lipinski definition) is 2. The molecule has 0 saturated heterocycles. The van der Waals surface area contributed by atoms with E-state index in [4.69, 9.17) is 0 Å². The highest BCUT2D eigenvalue weighted by Crippen LogP contribution is 2.22. The van der Waals surface area contributed by atoms with E-state index in [0.717, 1.165) is 24.6 Å². The summed E-state index contributed by atoms with van der Waals surface area (Å²) in [6.45, 7) is 6.33. The van der Waals surface area contributed by atoms with Crippen molar-refractivity contribution in [2.24, 2.45) is 5.92 Å². The van der Waals surface area contributed by atoms with Crippen LogP contribution in [0.2, 0.25) is 0 Å². The van der Waals surface area contributed by atoms with Crippen LogP contribution in [-0.4, -0.2) is 27.1 Å². The topological polar surface area (TPSA) is 70.7 Å². The summed E-state index contributed by atoms with van der Waals surface area (Å²) in [7, 11) is 0. The largest absolute Gasteiger partial charge is 0.347 e. The molecule has 1 aliphatic rings. The van der Waals surface area contributed by atoms with Gasteiger partial charge in [-0.1, -0.05) is 33.6 Å². The van der Waals surface area contributed by atoms with E-state index in [0.29, 0.717) is 0 Å². The Kier molecular flexibility index (Phi) is 4.56. The van der Waals surface area contributed by atoms with Crippen LogP contribution < -0.4 is 5.32 Å². The van der Waals surface area contributed by atoms with Crippen LogP contribution in [0.25, 0.3) is 0 Å². The average molecular weight is 264 g/mol. The van der Waals surface area contributed by atoms with Crippen LogP contribution in [0.5, 0.6) is 0 Å². The second kappa shape index (κ2) is 6.17. The highest BCUT2D eigenvalue weighted by Gasteiger charge is 2.21. The number of aromatic amines is 1. The van der Waals surface area contributed by atoms with Gasteiger partial charge in [-0.15, -0.1) is 5.10 Å². The summed E-state index contributed by atoms with van der Waals surface area (Å²) in [4.78, 5) is 16.3. The van der Waals surface area contributed by atoms with E-state index in [9.17, 15) is 4.79 Å². The molecule has 2 atom stereocenters. The fraction of sp³-hybridized carbons (Fsp3) is 0.786. The minimum atomic E-state index is -0.150. The van der Waals surface area contributed by atoms with Gasteiger partial charge in [-0.05, 0) is 25.2 Å². The maximum atomic E-state index is 12.1. The number of carbonyl (C=O) groups is 1. The first kappa shape index (κ1) is 14.0. The van der Waals surface area contributed by atoms with Gasteiger partial charge < -0.3 is 5.32 Å². The normalized spacial score (nSPS) is 24.2. The molecule has 5 heteroatoms. The molecule has 1 aromatic rings. The van der Waals surface area contributed by atoms with Crippen molar-refractivity contribution in [1.82, 2.24) is 20.5 Å². The molecule has 19 heavy (non-hydrogen) atoms. The minimum Gasteiger partial charge on any atom is -0.347 e. The first-order chi connectivity index (χ1) is 9.06. The molecule has 1 aromatic heterocycles. The Morgan fingerprint density at radius 1 is 1.32 bits per heavy atom. The number of H-pyrrole nitrogens is 1. The van der Waals surface area contributed by atoms with Gasteiger partial charge in [0.05, 0.1) is 0 Å². The third kappa shape index (κ3) is 3.78. The Bertz CT molecular complexity index is 427. The predicted octanol–water partition coefficient (Wildman–Crippen LogP) is 2.63. The van der Waals surface area contributed by atoms with Crippen molar-refractivity contribution in [3.63, 3.8) is 0 Å². The van der Waals surface area contributed by atoms with Crippen LogP contribution in [0.3, 0.4) is 0 Å². The van der Waals surface area contributed by atoms with Crippen LogP contribution in [-0.2, 0) is 0 Å². The summed E-state index contributed by atoms with van der Waals surface area (Å²) in [6, 6.07) is 0.276. The highest BCUT2D eigenvalue weighted by atomic mass is 16.2. The molecule has 2 unspecified atom stereocenters. The van der Waals surface area contributed by atoms with E-state index in [-0.39, 0.29) is 23.7 Å². The summed E-state index contributed by atoms with van der Waals surface area (Å²) in [6.07, 6.45) is 5.78. The smallest absolute Gasteiger partial charge is 0.291 e. The van der Waals surface area contributed by atoms with Crippen molar-refractivity contribution in [3.8, 4) is 0 Å². The number of amides is 1. The molecule has 0 aromatic carbocycles. The maximum absolute atomic E-state index is 12.1. The maximum Gasteiger partial charge on any atom is 0.291 e. The zero-order valence-corrected chi connectivity index (χ0v) is 12.1. The molecule has 2 N–H and O–H groups in total. The van der Waals surface area contributed by atoms with Crippen LogP contribution in [0.4, 0.5) is 0 Å². The van der Waals surface area contributed by atoms with Crippen molar-refractivity contribution in [2.75, 3.05) is 0 Å². The van der Waals surface area contributed by atoms with Crippen LogP contribution >= 0.6 is 0 Å². The lowest BCUT2D eigenvalue weighted by molar-refractivity contribution is 0.0923. The number of rotatable bonds is 3. The van der Waals surface area contributed by atoms with Gasteiger partial charge in [0, 0.05) is 12.0 Å². The molecule has 1 amide bonds. The van der Waals surface area contributed by atoms with Crippen LogP contribution in [0.15, 0.2) is 0 Å². The van der Waals surface area contributed by atoms with Gasteiger partial charge in [-0.3, -0.25) is 9.89 Å². The van der Waals surface area contributed by atoms with Crippen molar-refractivity contribution in [2.45, 2.75) is 64.8 Å². The minimum absolute atomic E-state index is 0.150. The van der Waals surface area contributed by atoms with E-state index in [1.165, 1.54) is 19.3 Å². The monoisotopic (exact) mass is 264 g/mol. The summed E-state index contributed by atoms with van der Waals surface area (Å²) in [5, 5.41) is 9.88. The SMILES string of the molecule is CC1CCCC(NC(=O)c2n[nH]c(C(C)C)n2)CC1. The molecule has 2 rings (SSSR count). The number of hydrogen-bond acceptors (Lipinski definition) is 3. The zero-order valence-electron chi connectivity index (χ0n) is 12.1. The lowest BCUT2D eigenvalue weighted by atomic mass is 10.0. The molecule has 1 heterocycles. The second-order valence-electron chi connectivity index (χ2n) is 5.98. The van der Waals surface area contributed by atoms with E-state index in [2.05, 4.69) is 27.4 Å². The Hall–Kier alpha value is -1.39. The van der Waals surface area contributed by atoms with E-state index in [1.54, 1.807) is 0 Å². The van der Waals surface area contributed by atoms with Gasteiger partial charge >= 0.3 is 0 Å². The van der Waals surface area contributed by atoms with Gasteiger partial charge in [0.1, 0.15) is 5.82 Å². The lowest BCUT2D eigenvalue weighted by Crippen LogP contribution is -2.35. The van der Waals surface area contributed by atoms with Gasteiger partial charge in [-0.25, -0.2) is 4.98 Å². The molecule has 5 nitrogen and oxygen atoms in total. The molecule has 0 aliphatic heterocycles. The quantitative estimate of drug-likeness (QED) is 0.824. The predicted molar refractivity (Wildman–Crippen MR) is 74.0 cm³/mol. The number of aromatic nitrogens is 3. The molecular formula is C14H24N4O. The van der Waals surface area contributed by atoms with Crippen molar-refractivity contribution in [3.05, 3.63) is 11.6 Å². The molecule has 106 valence electrons. The summed E-state index contributed by atoms with van der Waals surface area (Å²) in [5.41, 5.74) is 0. The van der Waals surface area contributed by atoms with Gasteiger partial charge in [-0.2, -0.15) is 0 Å². The molecular weight excluding hydrogens is 240 g/mol. The first-order valence-electron chi connectivity index (χ1n) is 7.29. The summed E-state index contributed by atoms with van der Waals surface area (Å²) >= 11 is 0. The highest BCUT2D eigenvalue weighted by molar-refractivity contribution is 5.90. The van der Waals surface area contributed by atoms with E-state index >= 15 is 0 Å². The molecule has 1 aliphatic carbocycles. The molecule has 1 saturated carbocycles. The fourth-order valence-electron chi connectivity index (χ4n) is 2.52. The second-order valence-corrected chi connectivity index (χ2v) is 5.98. The third-order valence-electron chi connectivity index (χ3n) is 3.85. The third-order valence-corrected chi connectivity index (χ3v) is 3.85. The zero-order chi connectivity index (χ0) is 13.8. The van der Waals surface area contributed by atoms with Gasteiger partial charge in [0.2, 0.25) is 5.82 Å². The molecule has 0 spiro atoms. The van der Waals surface area contributed by atoms with Crippen LogP contribution in [0.1, 0.15) is 75.2 Å². The van der Waals surface area contributed by atoms with Gasteiger partial charge in [0.25, 0.3) is 5.91 Å². The number of carbonyl (C=O) groups excluding carboxylic acids is 1. The summed E-state index contributed by atoms with van der Waals surface area (Å²) in [5.74, 6) is 1.91. The van der Waals surface area contributed by atoms with Crippen molar-refractivity contribution in [1.29, 1.82) is 0 Å². The fourth-order valence-corrected chi connectivity index (χ4v) is 2.52. The Labute approximate surface area is 114 Å².